The Balaban J connectivity index is 2.09. The van der Waals surface area contributed by atoms with Crippen molar-refractivity contribution in [3.63, 3.8) is 0 Å². The molecule has 0 bridgehead atoms. The lowest BCUT2D eigenvalue weighted by Crippen LogP contribution is -2.03. The molecule has 2 aromatic heterocycles. The number of aromatic nitrogens is 2. The van der Waals surface area contributed by atoms with Gasteiger partial charge in [-0.25, -0.2) is 4.79 Å². The molecule has 6 heteroatoms. The van der Waals surface area contributed by atoms with Crippen LogP contribution >= 0.6 is 11.6 Å². The number of ether oxygens (including phenoxy) is 1. The predicted molar refractivity (Wildman–Crippen MR) is 82.9 cm³/mol. The summed E-state index contributed by atoms with van der Waals surface area (Å²) in [5.74, 6) is -0.465. The Morgan fingerprint density at radius 1 is 1.36 bits per heavy atom. The van der Waals surface area contributed by atoms with Crippen molar-refractivity contribution in [1.82, 2.24) is 9.97 Å². The maximum absolute atomic E-state index is 11.8. The number of carbonyl (C=O) groups is 1. The summed E-state index contributed by atoms with van der Waals surface area (Å²) < 4.78 is 4.75. The molecule has 0 fully saturated rings. The number of hydrogen-bond acceptors (Lipinski definition) is 4. The zero-order valence-corrected chi connectivity index (χ0v) is 12.5. The predicted octanol–water partition coefficient (Wildman–Crippen LogP) is 3.08. The highest BCUT2D eigenvalue weighted by molar-refractivity contribution is 6.31. The lowest BCUT2D eigenvalue weighted by molar-refractivity contribution is 0.0602. The third-order valence-corrected chi connectivity index (χ3v) is 3.79. The van der Waals surface area contributed by atoms with Gasteiger partial charge < -0.3 is 14.8 Å². The maximum atomic E-state index is 11.8. The van der Waals surface area contributed by atoms with Crippen molar-refractivity contribution >= 4 is 28.6 Å². The smallest absolute Gasteiger partial charge is 0.340 e. The molecule has 0 saturated carbocycles. The number of nitrogens with zero attached hydrogens (tertiary/aromatic N) is 1. The Hall–Kier alpha value is -2.37. The summed E-state index contributed by atoms with van der Waals surface area (Å²) in [4.78, 5) is 19.0. The number of fused-ring (bicyclic) bond motifs is 1. The Morgan fingerprint density at radius 2 is 2.14 bits per heavy atom. The first-order chi connectivity index (χ1) is 10.6. The molecule has 1 aromatic carbocycles. The third kappa shape index (κ3) is 2.45. The second kappa shape index (κ2) is 5.79. The first kappa shape index (κ1) is 14.6. The van der Waals surface area contributed by atoms with E-state index in [1.807, 2.05) is 0 Å². The van der Waals surface area contributed by atoms with Gasteiger partial charge in [0.25, 0.3) is 0 Å². The van der Waals surface area contributed by atoms with Crippen molar-refractivity contribution in [2.24, 2.45) is 0 Å². The Labute approximate surface area is 131 Å². The van der Waals surface area contributed by atoms with Crippen LogP contribution in [-0.4, -0.2) is 28.2 Å². The number of aromatic amines is 1. The number of esters is 1. The van der Waals surface area contributed by atoms with Gasteiger partial charge in [-0.15, -0.1) is 0 Å². The number of pyridine rings is 1. The van der Waals surface area contributed by atoms with E-state index in [0.29, 0.717) is 32.9 Å². The van der Waals surface area contributed by atoms with Crippen LogP contribution in [-0.2, 0) is 4.74 Å². The number of benzene rings is 1. The van der Waals surface area contributed by atoms with Gasteiger partial charge in [-0.3, -0.25) is 4.98 Å². The topological polar surface area (TPSA) is 75.2 Å². The van der Waals surface area contributed by atoms with Gasteiger partial charge >= 0.3 is 5.97 Å². The van der Waals surface area contributed by atoms with Crippen molar-refractivity contribution in [2.75, 3.05) is 7.11 Å². The molecule has 3 rings (SSSR count). The van der Waals surface area contributed by atoms with Gasteiger partial charge in [0.1, 0.15) is 6.10 Å². The molecular weight excluding hydrogens is 304 g/mol. The van der Waals surface area contributed by atoms with Crippen LogP contribution in [0.2, 0.25) is 5.02 Å². The minimum absolute atomic E-state index is 0.366. The maximum Gasteiger partial charge on any atom is 0.340 e. The van der Waals surface area contributed by atoms with Crippen LogP contribution < -0.4 is 0 Å². The van der Waals surface area contributed by atoms with Crippen molar-refractivity contribution < 1.29 is 14.6 Å². The van der Waals surface area contributed by atoms with Crippen LogP contribution in [0, 0.1) is 0 Å². The number of methoxy groups -OCH3 is 1. The minimum Gasteiger partial charge on any atom is -0.465 e. The molecule has 5 nitrogen and oxygen atoms in total. The van der Waals surface area contributed by atoms with Crippen LogP contribution in [0.4, 0.5) is 0 Å². The largest absolute Gasteiger partial charge is 0.465 e. The van der Waals surface area contributed by atoms with Gasteiger partial charge in [0.2, 0.25) is 0 Å². The molecule has 0 aliphatic carbocycles. The quantitative estimate of drug-likeness (QED) is 0.728. The second-order valence-corrected chi connectivity index (χ2v) is 5.17. The van der Waals surface area contributed by atoms with E-state index in [-0.39, 0.29) is 0 Å². The number of halogens is 1. The normalized spacial score (nSPS) is 12.3. The van der Waals surface area contributed by atoms with Gasteiger partial charge in [-0.1, -0.05) is 29.8 Å². The van der Waals surface area contributed by atoms with E-state index in [2.05, 4.69) is 9.97 Å². The van der Waals surface area contributed by atoms with Gasteiger partial charge in [-0.05, 0) is 18.2 Å². The molecule has 0 aliphatic rings. The molecule has 1 unspecified atom stereocenters. The molecule has 1 atom stereocenters. The van der Waals surface area contributed by atoms with E-state index in [1.165, 1.54) is 13.3 Å². The average molecular weight is 317 g/mol. The fraction of sp³-hybridized carbons (Fsp3) is 0.125. The molecule has 2 heterocycles. The number of aliphatic hydroxyl groups excluding tert-OH is 1. The Morgan fingerprint density at radius 3 is 2.86 bits per heavy atom. The summed E-state index contributed by atoms with van der Waals surface area (Å²) >= 11 is 6.11. The molecule has 2 N–H and O–H groups in total. The second-order valence-electron chi connectivity index (χ2n) is 4.76. The summed E-state index contributed by atoms with van der Waals surface area (Å²) in [6, 6.07) is 10.3. The summed E-state index contributed by atoms with van der Waals surface area (Å²) in [5.41, 5.74) is 2.55. The number of carbonyl (C=O) groups excluding carboxylic acids is 1. The summed E-state index contributed by atoms with van der Waals surface area (Å²) in [5, 5.41) is 11.0. The molecule has 0 radical (unpaired) electrons. The standard InChI is InChI=1S/C16H13ClN2O3/c1-22-16(21)10-6-7-18-12-8-13(19-14(10)12)15(20)9-4-2-3-5-11(9)17/h2-8,15,19-20H,1H3. The van der Waals surface area contributed by atoms with E-state index >= 15 is 0 Å². The molecule has 0 spiro atoms. The molecule has 112 valence electrons. The number of aliphatic hydroxyl groups is 1. The molecular formula is C16H13ClN2O3. The highest BCUT2D eigenvalue weighted by Crippen LogP contribution is 2.30. The number of rotatable bonds is 3. The van der Waals surface area contributed by atoms with Crippen molar-refractivity contribution in [2.45, 2.75) is 6.10 Å². The summed E-state index contributed by atoms with van der Waals surface area (Å²) in [6.07, 6.45) is 0.585. The Bertz CT molecular complexity index is 844. The summed E-state index contributed by atoms with van der Waals surface area (Å²) in [6.45, 7) is 0. The third-order valence-electron chi connectivity index (χ3n) is 3.44. The lowest BCUT2D eigenvalue weighted by atomic mass is 10.1. The monoisotopic (exact) mass is 316 g/mol. The van der Waals surface area contributed by atoms with Gasteiger partial charge in [0.05, 0.1) is 29.4 Å². The summed E-state index contributed by atoms with van der Waals surface area (Å²) in [7, 11) is 1.32. The average Bonchev–Trinajstić information content (AvgIpc) is 2.98. The number of nitrogens with one attached hydrogen (secondary N) is 1. The van der Waals surface area contributed by atoms with Crippen LogP contribution in [0.25, 0.3) is 11.0 Å². The molecule has 0 saturated heterocycles. The molecule has 0 amide bonds. The molecule has 22 heavy (non-hydrogen) atoms. The van der Waals surface area contributed by atoms with Crippen molar-refractivity contribution in [3.8, 4) is 0 Å². The van der Waals surface area contributed by atoms with E-state index in [0.717, 1.165) is 0 Å². The minimum atomic E-state index is -0.937. The number of H-pyrrole nitrogens is 1. The Kier molecular flexibility index (Phi) is 3.83. The SMILES string of the molecule is COC(=O)c1ccnc2cc(C(O)c3ccccc3Cl)[nH]c12. The highest BCUT2D eigenvalue weighted by Gasteiger charge is 2.19. The molecule has 3 aromatic rings. The fourth-order valence-electron chi connectivity index (χ4n) is 2.34. The number of hydrogen-bond donors (Lipinski definition) is 2. The van der Waals surface area contributed by atoms with Crippen molar-refractivity contribution in [1.29, 1.82) is 0 Å². The van der Waals surface area contributed by atoms with E-state index in [4.69, 9.17) is 16.3 Å². The molecule has 0 aliphatic heterocycles. The van der Waals surface area contributed by atoms with E-state index < -0.39 is 12.1 Å². The van der Waals surface area contributed by atoms with Crippen LogP contribution in [0.15, 0.2) is 42.6 Å². The van der Waals surface area contributed by atoms with Crippen LogP contribution in [0.5, 0.6) is 0 Å². The van der Waals surface area contributed by atoms with Crippen LogP contribution in [0.1, 0.15) is 27.7 Å². The highest BCUT2D eigenvalue weighted by atomic mass is 35.5. The van der Waals surface area contributed by atoms with Crippen LogP contribution in [0.3, 0.4) is 0 Å². The van der Waals surface area contributed by atoms with E-state index in [9.17, 15) is 9.90 Å². The first-order valence-corrected chi connectivity index (χ1v) is 6.98. The fourth-order valence-corrected chi connectivity index (χ4v) is 2.58. The van der Waals surface area contributed by atoms with Gasteiger partial charge in [0, 0.05) is 16.8 Å². The van der Waals surface area contributed by atoms with Gasteiger partial charge in [0.15, 0.2) is 0 Å². The zero-order chi connectivity index (χ0) is 15.7. The lowest BCUT2D eigenvalue weighted by Gasteiger charge is -2.10. The first-order valence-electron chi connectivity index (χ1n) is 6.60. The van der Waals surface area contributed by atoms with E-state index in [1.54, 1.807) is 36.4 Å². The van der Waals surface area contributed by atoms with Crippen molar-refractivity contribution in [3.05, 3.63) is 64.4 Å². The van der Waals surface area contributed by atoms with Gasteiger partial charge in [-0.2, -0.15) is 0 Å². The zero-order valence-electron chi connectivity index (χ0n) is 11.7.